The van der Waals surface area contributed by atoms with Crippen molar-refractivity contribution in [3.63, 3.8) is 0 Å². The fourth-order valence-corrected chi connectivity index (χ4v) is 9.63. The molecule has 0 aromatic carbocycles. The molecule has 0 N–H and O–H groups in total. The van der Waals surface area contributed by atoms with Crippen molar-refractivity contribution in [2.24, 2.45) is 0 Å². The maximum Gasteiger partial charge on any atom is 0.339 e. The van der Waals surface area contributed by atoms with E-state index in [4.69, 9.17) is 0 Å². The van der Waals surface area contributed by atoms with Gasteiger partial charge in [0.05, 0.1) is 18.5 Å². The molecule has 0 fully saturated rings. The van der Waals surface area contributed by atoms with Crippen LogP contribution < -0.4 is 12.4 Å². The van der Waals surface area contributed by atoms with Gasteiger partial charge in [0.1, 0.15) is 6.16 Å². The van der Waals surface area contributed by atoms with Crippen LogP contribution in [0.2, 0.25) is 0 Å². The van der Waals surface area contributed by atoms with Crippen LogP contribution in [0, 0.1) is 0 Å². The van der Waals surface area contributed by atoms with Crippen molar-refractivity contribution in [1.82, 2.24) is 0 Å². The fourth-order valence-electron chi connectivity index (χ4n) is 4.77. The third-order valence-electron chi connectivity index (χ3n) is 6.82. The summed E-state index contributed by atoms with van der Waals surface area (Å²) < 4.78 is 55.1. The Bertz CT molecular complexity index is 367. The normalized spacial score (nSPS) is 12.4. The van der Waals surface area contributed by atoms with Gasteiger partial charge in [0.25, 0.3) is 0 Å². The molecule has 6 heteroatoms. The summed E-state index contributed by atoms with van der Waals surface area (Å²) in [5.41, 5.74) is 0. The SMILES string of the molecule is CCCCCCCC[P+](CCCCCCCC)(CCCCCCCC)CC(F)(F)C(F)F.[Cl-]. The van der Waals surface area contributed by atoms with E-state index in [0.717, 1.165) is 76.3 Å². The van der Waals surface area contributed by atoms with Gasteiger partial charge >= 0.3 is 12.3 Å². The Balaban J connectivity index is 0. The summed E-state index contributed by atoms with van der Waals surface area (Å²) >= 11 is 0. The Morgan fingerprint density at radius 3 is 1.06 bits per heavy atom. The molecule has 0 aliphatic carbocycles. The summed E-state index contributed by atoms with van der Waals surface area (Å²) in [4.78, 5) is 0. The Labute approximate surface area is 210 Å². The van der Waals surface area contributed by atoms with Crippen LogP contribution in [0.1, 0.15) is 136 Å². The molecule has 202 valence electrons. The van der Waals surface area contributed by atoms with Crippen molar-refractivity contribution in [3.05, 3.63) is 0 Å². The summed E-state index contributed by atoms with van der Waals surface area (Å²) in [5, 5.41) is 0. The molecule has 0 amide bonds. The van der Waals surface area contributed by atoms with Gasteiger partial charge in [-0.1, -0.05) is 97.8 Å². The largest absolute Gasteiger partial charge is 1.00 e. The summed E-state index contributed by atoms with van der Waals surface area (Å²) in [5.74, 6) is -3.82. The second-order valence-corrected chi connectivity index (χ2v) is 14.4. The Hall–Kier alpha value is 0.440. The third kappa shape index (κ3) is 19.3. The van der Waals surface area contributed by atoms with Crippen molar-refractivity contribution in [2.75, 3.05) is 24.6 Å². The minimum atomic E-state index is -3.82. The first kappa shape index (κ1) is 35.6. The highest BCUT2D eigenvalue weighted by molar-refractivity contribution is 7.76. The standard InChI is InChI=1S/C27H54F4P.ClH/c1-4-7-10-13-16-19-22-32(25-27(30,31)26(28)29,23-20-17-14-11-8-5-2)24-21-18-15-12-9-6-3;/h26H,4-25H2,1-3H3;1H/q+1;/p-1. The van der Waals surface area contributed by atoms with Crippen molar-refractivity contribution < 1.29 is 30.0 Å². The van der Waals surface area contributed by atoms with Gasteiger partial charge in [-0.15, -0.1) is 0 Å². The van der Waals surface area contributed by atoms with Gasteiger partial charge < -0.3 is 12.4 Å². The van der Waals surface area contributed by atoms with E-state index >= 15 is 0 Å². The van der Waals surface area contributed by atoms with Crippen LogP contribution in [-0.4, -0.2) is 37.0 Å². The zero-order valence-corrected chi connectivity index (χ0v) is 23.6. The number of unbranched alkanes of at least 4 members (excludes halogenated alkanes) is 15. The van der Waals surface area contributed by atoms with Crippen LogP contribution in [0.4, 0.5) is 17.6 Å². The molecule has 0 aliphatic heterocycles. The van der Waals surface area contributed by atoms with Crippen molar-refractivity contribution in [1.29, 1.82) is 0 Å². The van der Waals surface area contributed by atoms with Gasteiger partial charge in [0.15, 0.2) is 0 Å². The molecule has 0 bridgehead atoms. The zero-order valence-electron chi connectivity index (χ0n) is 22.0. The molecular weight excluding hydrogens is 467 g/mol. The van der Waals surface area contributed by atoms with E-state index in [1.165, 1.54) is 57.8 Å². The molecule has 0 rings (SSSR count). The van der Waals surface area contributed by atoms with Gasteiger partial charge in [-0.3, -0.25) is 0 Å². The molecule has 0 nitrogen and oxygen atoms in total. The fraction of sp³-hybridized carbons (Fsp3) is 1.00. The smallest absolute Gasteiger partial charge is 0.339 e. The lowest BCUT2D eigenvalue weighted by Crippen LogP contribution is -3.00. The van der Waals surface area contributed by atoms with Crippen LogP contribution in [0.5, 0.6) is 0 Å². The molecule has 0 saturated carbocycles. The molecule has 0 aromatic heterocycles. The minimum absolute atomic E-state index is 0. The molecule has 0 saturated heterocycles. The molecule has 0 aliphatic rings. The van der Waals surface area contributed by atoms with Gasteiger partial charge in [-0.05, 0) is 38.5 Å². The van der Waals surface area contributed by atoms with Crippen LogP contribution in [0.25, 0.3) is 0 Å². The molecule has 0 aromatic rings. The van der Waals surface area contributed by atoms with Crippen molar-refractivity contribution in [2.45, 2.75) is 149 Å². The lowest BCUT2D eigenvalue weighted by Gasteiger charge is -2.31. The van der Waals surface area contributed by atoms with E-state index in [-0.39, 0.29) is 12.4 Å². The van der Waals surface area contributed by atoms with Gasteiger partial charge in [0, 0.05) is 7.26 Å². The first-order valence-corrected chi connectivity index (χ1v) is 16.4. The zero-order chi connectivity index (χ0) is 24.1. The van der Waals surface area contributed by atoms with E-state index in [9.17, 15) is 17.6 Å². The molecule has 0 atom stereocenters. The predicted molar refractivity (Wildman–Crippen MR) is 137 cm³/mol. The summed E-state index contributed by atoms with van der Waals surface area (Å²) in [7, 11) is -2.07. The first-order valence-electron chi connectivity index (χ1n) is 13.8. The van der Waals surface area contributed by atoms with Crippen molar-refractivity contribution >= 4 is 7.26 Å². The maximum atomic E-state index is 14.3. The topological polar surface area (TPSA) is 0 Å². The molecule has 0 heterocycles. The number of rotatable bonds is 24. The lowest BCUT2D eigenvalue weighted by atomic mass is 10.1. The van der Waals surface area contributed by atoms with E-state index in [1.807, 2.05) is 0 Å². The Kier molecular flexibility index (Phi) is 24.7. The number of hydrogen-bond acceptors (Lipinski definition) is 0. The monoisotopic (exact) mass is 520 g/mol. The van der Waals surface area contributed by atoms with Crippen molar-refractivity contribution in [3.8, 4) is 0 Å². The molecule has 0 unspecified atom stereocenters. The van der Waals surface area contributed by atoms with E-state index in [1.54, 1.807) is 0 Å². The number of alkyl halides is 4. The van der Waals surface area contributed by atoms with Crippen LogP contribution in [0.3, 0.4) is 0 Å². The average molecular weight is 521 g/mol. The maximum absolute atomic E-state index is 14.3. The molecule has 0 spiro atoms. The van der Waals surface area contributed by atoms with Crippen LogP contribution in [-0.2, 0) is 0 Å². The second kappa shape index (κ2) is 22.9. The Morgan fingerprint density at radius 1 is 0.515 bits per heavy atom. The third-order valence-corrected chi connectivity index (χ3v) is 11.7. The lowest BCUT2D eigenvalue weighted by molar-refractivity contribution is -0.111. The first-order chi connectivity index (χ1) is 15.3. The highest BCUT2D eigenvalue weighted by Crippen LogP contribution is 2.63. The van der Waals surface area contributed by atoms with Gasteiger partial charge in [-0.2, -0.15) is 8.78 Å². The van der Waals surface area contributed by atoms with Gasteiger partial charge in [-0.25, -0.2) is 8.78 Å². The minimum Gasteiger partial charge on any atom is -1.00 e. The predicted octanol–water partition coefficient (Wildman–Crippen LogP) is 7.99. The summed E-state index contributed by atoms with van der Waals surface area (Å²) in [6.45, 7) is 6.55. The van der Waals surface area contributed by atoms with Crippen LogP contribution >= 0.6 is 7.26 Å². The van der Waals surface area contributed by atoms with Crippen LogP contribution in [0.15, 0.2) is 0 Å². The Morgan fingerprint density at radius 2 is 0.788 bits per heavy atom. The quantitative estimate of drug-likeness (QED) is 0.0687. The number of hydrogen-bond donors (Lipinski definition) is 0. The number of halogens is 5. The second-order valence-electron chi connectivity index (χ2n) is 10.0. The molecule has 0 radical (unpaired) electrons. The van der Waals surface area contributed by atoms with E-state index in [0.29, 0.717) is 0 Å². The average Bonchev–Trinajstić information content (AvgIpc) is 2.75. The summed E-state index contributed by atoms with van der Waals surface area (Å²) in [6, 6.07) is 0. The van der Waals surface area contributed by atoms with E-state index in [2.05, 4.69) is 20.8 Å². The highest BCUT2D eigenvalue weighted by atomic mass is 35.5. The molecular formula is C27H54ClF4P. The van der Waals surface area contributed by atoms with Gasteiger partial charge in [0.2, 0.25) is 0 Å². The molecule has 33 heavy (non-hydrogen) atoms. The van der Waals surface area contributed by atoms with E-state index < -0.39 is 25.8 Å². The summed E-state index contributed by atoms with van der Waals surface area (Å²) in [6.07, 6.45) is 18.6. The highest BCUT2D eigenvalue weighted by Gasteiger charge is 2.52.